The van der Waals surface area contributed by atoms with Gasteiger partial charge in [0.1, 0.15) is 16.5 Å². The number of hydrogen-bond acceptors (Lipinski definition) is 5. The van der Waals surface area contributed by atoms with Crippen LogP contribution in [0.25, 0.3) is 28.0 Å². The van der Waals surface area contributed by atoms with Gasteiger partial charge in [0.05, 0.1) is 17.2 Å². The molecule has 0 atom stereocenters. The van der Waals surface area contributed by atoms with Crippen LogP contribution in [0.2, 0.25) is 5.15 Å². The summed E-state index contributed by atoms with van der Waals surface area (Å²) in [5, 5.41) is 17.3. The molecule has 0 radical (unpaired) electrons. The third-order valence-corrected chi connectivity index (χ3v) is 4.88. The first-order chi connectivity index (χ1) is 15.1. The molecule has 0 saturated heterocycles. The van der Waals surface area contributed by atoms with Crippen molar-refractivity contribution < 1.29 is 4.79 Å². The molecule has 0 aliphatic carbocycles. The van der Waals surface area contributed by atoms with Crippen LogP contribution in [0.5, 0.6) is 0 Å². The highest BCUT2D eigenvalue weighted by Gasteiger charge is 2.22. The maximum Gasteiger partial charge on any atom is 0.270 e. The van der Waals surface area contributed by atoms with Crippen molar-refractivity contribution in [1.82, 2.24) is 24.9 Å². The van der Waals surface area contributed by atoms with Gasteiger partial charge in [-0.1, -0.05) is 23.7 Å². The Labute approximate surface area is 190 Å². The van der Waals surface area contributed by atoms with Gasteiger partial charge in [-0.3, -0.25) is 4.79 Å². The highest BCUT2D eigenvalue weighted by Crippen LogP contribution is 2.36. The minimum absolute atomic E-state index is 0.274. The van der Waals surface area contributed by atoms with E-state index in [1.807, 2.05) is 45.9 Å². The second-order valence-corrected chi connectivity index (χ2v) is 8.91. The first-order valence-electron chi connectivity index (χ1n) is 10.0. The third kappa shape index (κ3) is 4.32. The van der Waals surface area contributed by atoms with Crippen LogP contribution >= 0.6 is 11.6 Å². The number of rotatable bonds is 3. The fraction of sp³-hybridized carbons (Fsp3) is 0.208. The van der Waals surface area contributed by atoms with Gasteiger partial charge in [-0.2, -0.15) is 10.4 Å². The van der Waals surface area contributed by atoms with E-state index in [0.717, 1.165) is 16.8 Å². The summed E-state index contributed by atoms with van der Waals surface area (Å²) < 4.78 is 1.63. The van der Waals surface area contributed by atoms with Gasteiger partial charge >= 0.3 is 0 Å². The first-order valence-corrected chi connectivity index (χ1v) is 10.4. The molecular weight excluding hydrogens is 424 g/mol. The lowest BCUT2D eigenvalue weighted by atomic mass is 10.00. The summed E-state index contributed by atoms with van der Waals surface area (Å²) in [6, 6.07) is 14.6. The molecule has 0 unspecified atom stereocenters. The van der Waals surface area contributed by atoms with Gasteiger partial charge in [-0.05, 0) is 63.6 Å². The molecule has 1 N–H and O–H groups in total. The van der Waals surface area contributed by atoms with Gasteiger partial charge < -0.3 is 5.32 Å². The lowest BCUT2D eigenvalue weighted by Gasteiger charge is -2.20. The maximum absolute atomic E-state index is 12.7. The number of benzene rings is 1. The van der Waals surface area contributed by atoms with Crippen molar-refractivity contribution >= 4 is 23.2 Å². The molecule has 8 heteroatoms. The van der Waals surface area contributed by atoms with Gasteiger partial charge in [0.25, 0.3) is 5.91 Å². The number of fused-ring (bicyclic) bond motifs is 1. The largest absolute Gasteiger partial charge is 0.346 e. The molecule has 0 fully saturated rings. The van der Waals surface area contributed by atoms with Crippen LogP contribution in [0.4, 0.5) is 0 Å². The zero-order valence-corrected chi connectivity index (χ0v) is 18.9. The fourth-order valence-corrected chi connectivity index (χ4v) is 3.69. The minimum Gasteiger partial charge on any atom is -0.346 e. The van der Waals surface area contributed by atoms with Crippen LogP contribution in [0.3, 0.4) is 0 Å². The highest BCUT2D eigenvalue weighted by atomic mass is 35.5. The maximum atomic E-state index is 12.7. The Morgan fingerprint density at radius 2 is 1.91 bits per heavy atom. The number of nitriles is 1. The van der Waals surface area contributed by atoms with E-state index in [4.69, 9.17) is 16.7 Å². The van der Waals surface area contributed by atoms with E-state index in [-0.39, 0.29) is 11.6 Å². The lowest BCUT2D eigenvalue weighted by Crippen LogP contribution is -2.40. The van der Waals surface area contributed by atoms with Crippen LogP contribution in [-0.2, 0) is 0 Å². The van der Waals surface area contributed by atoms with Crippen LogP contribution < -0.4 is 5.32 Å². The molecule has 4 aromatic rings. The Hall–Kier alpha value is -3.76. The number of nitrogens with one attached hydrogen (secondary N) is 1. The van der Waals surface area contributed by atoms with Crippen molar-refractivity contribution in [2.75, 3.05) is 0 Å². The van der Waals surface area contributed by atoms with Gasteiger partial charge in [-0.15, -0.1) is 0 Å². The van der Waals surface area contributed by atoms with Crippen LogP contribution in [0.1, 0.15) is 42.5 Å². The molecule has 3 heterocycles. The van der Waals surface area contributed by atoms with E-state index in [1.54, 1.807) is 35.0 Å². The SMILES string of the molecule is Cc1cc(-c2c(-c3cccc(C#N)c3)nn3ccc(C(=O)NC(C)(C)C)nc23)cc(Cl)n1. The van der Waals surface area contributed by atoms with Crippen LogP contribution in [0, 0.1) is 18.3 Å². The van der Waals surface area contributed by atoms with Crippen molar-refractivity contribution in [3.8, 4) is 28.5 Å². The number of hydrogen-bond donors (Lipinski definition) is 1. The number of aryl methyl sites for hydroxylation is 1. The predicted octanol–water partition coefficient (Wildman–Crippen LogP) is 4.82. The molecule has 4 rings (SSSR count). The molecule has 160 valence electrons. The number of carbonyl (C=O) groups is 1. The minimum atomic E-state index is -0.396. The average molecular weight is 445 g/mol. The molecule has 0 spiro atoms. The molecule has 3 aromatic heterocycles. The molecule has 0 aliphatic rings. The molecule has 0 saturated carbocycles. The van der Waals surface area contributed by atoms with Crippen LogP contribution in [-0.4, -0.2) is 31.0 Å². The smallest absolute Gasteiger partial charge is 0.270 e. The molecular formula is C24H21ClN6O. The van der Waals surface area contributed by atoms with Crippen molar-refractivity contribution in [1.29, 1.82) is 5.26 Å². The number of halogens is 1. The zero-order valence-electron chi connectivity index (χ0n) is 18.1. The number of carbonyl (C=O) groups excluding carboxylic acids is 1. The Morgan fingerprint density at radius 1 is 1.12 bits per heavy atom. The van der Waals surface area contributed by atoms with Crippen molar-refractivity contribution in [3.05, 3.63) is 70.8 Å². The van der Waals surface area contributed by atoms with E-state index in [0.29, 0.717) is 27.6 Å². The van der Waals surface area contributed by atoms with E-state index in [9.17, 15) is 10.1 Å². The normalized spacial score (nSPS) is 11.4. The molecule has 1 amide bonds. The first kappa shape index (κ1) is 21.5. The number of pyridine rings is 1. The van der Waals surface area contributed by atoms with E-state index < -0.39 is 5.54 Å². The fourth-order valence-electron chi connectivity index (χ4n) is 3.44. The summed E-state index contributed by atoms with van der Waals surface area (Å²) in [5.74, 6) is -0.274. The molecule has 0 aliphatic heterocycles. The van der Waals surface area contributed by atoms with Crippen molar-refractivity contribution in [2.45, 2.75) is 33.2 Å². The topological polar surface area (TPSA) is 96.0 Å². The van der Waals surface area contributed by atoms with E-state index >= 15 is 0 Å². The highest BCUT2D eigenvalue weighted by molar-refractivity contribution is 6.29. The van der Waals surface area contributed by atoms with E-state index in [2.05, 4.69) is 21.4 Å². The average Bonchev–Trinajstić information content (AvgIpc) is 3.10. The predicted molar refractivity (Wildman–Crippen MR) is 123 cm³/mol. The molecule has 7 nitrogen and oxygen atoms in total. The van der Waals surface area contributed by atoms with Gasteiger partial charge in [0.15, 0.2) is 5.65 Å². The number of amides is 1. The molecule has 32 heavy (non-hydrogen) atoms. The Balaban J connectivity index is 1.99. The van der Waals surface area contributed by atoms with Gasteiger partial charge in [0.2, 0.25) is 0 Å². The summed E-state index contributed by atoms with van der Waals surface area (Å²) in [6.07, 6.45) is 1.71. The number of nitrogens with zero attached hydrogens (tertiary/aromatic N) is 5. The van der Waals surface area contributed by atoms with Gasteiger partial charge in [-0.25, -0.2) is 14.5 Å². The Bertz CT molecular complexity index is 1370. The molecule has 1 aromatic carbocycles. The monoisotopic (exact) mass is 444 g/mol. The summed E-state index contributed by atoms with van der Waals surface area (Å²) >= 11 is 6.25. The Kier molecular flexibility index (Phi) is 5.41. The third-order valence-electron chi connectivity index (χ3n) is 4.68. The summed E-state index contributed by atoms with van der Waals surface area (Å²) in [7, 11) is 0. The zero-order chi connectivity index (χ0) is 23.0. The quantitative estimate of drug-likeness (QED) is 0.457. The molecule has 0 bridgehead atoms. The standard InChI is InChI=1S/C24H21ClN6O/c1-14-10-17(12-19(25)27-14)20-21(16-7-5-6-15(11-16)13-26)30-31-9-8-18(28-22(20)31)23(32)29-24(2,3)4/h5-12H,1-4H3,(H,29,32). The summed E-state index contributed by atoms with van der Waals surface area (Å²) in [6.45, 7) is 7.59. The summed E-state index contributed by atoms with van der Waals surface area (Å²) in [5.41, 5.74) is 4.52. The second-order valence-electron chi connectivity index (χ2n) is 8.52. The Morgan fingerprint density at radius 3 is 2.59 bits per heavy atom. The number of aromatic nitrogens is 4. The van der Waals surface area contributed by atoms with Crippen molar-refractivity contribution in [2.24, 2.45) is 0 Å². The van der Waals surface area contributed by atoms with Crippen LogP contribution in [0.15, 0.2) is 48.7 Å². The van der Waals surface area contributed by atoms with Gasteiger partial charge in [0, 0.05) is 23.0 Å². The van der Waals surface area contributed by atoms with Crippen molar-refractivity contribution in [3.63, 3.8) is 0 Å². The van der Waals surface area contributed by atoms with E-state index in [1.165, 1.54) is 0 Å². The lowest BCUT2D eigenvalue weighted by molar-refractivity contribution is 0.0914. The summed E-state index contributed by atoms with van der Waals surface area (Å²) in [4.78, 5) is 21.6. The second kappa shape index (κ2) is 8.06.